The van der Waals surface area contributed by atoms with Crippen molar-refractivity contribution in [1.82, 2.24) is 5.32 Å². The number of hydrogen-bond donors (Lipinski definition) is 1. The summed E-state index contributed by atoms with van der Waals surface area (Å²) in [5.74, 6) is 0.171. The molecule has 0 fully saturated rings. The molecule has 0 aromatic heterocycles. The highest BCUT2D eigenvalue weighted by molar-refractivity contribution is 7.92. The van der Waals surface area contributed by atoms with Gasteiger partial charge in [-0.1, -0.05) is 49.4 Å². The Morgan fingerprint density at radius 1 is 1.07 bits per heavy atom. The van der Waals surface area contributed by atoms with Crippen LogP contribution in [0.1, 0.15) is 42.4 Å². The number of aryl methyl sites for hydroxylation is 1. The molecule has 0 aliphatic heterocycles. The smallest absolute Gasteiger partial charge is 0.232 e. The largest absolute Gasteiger partial charge is 0.356 e. The van der Waals surface area contributed by atoms with Gasteiger partial charge in [0.15, 0.2) is 0 Å². The molecule has 0 aliphatic rings. The van der Waals surface area contributed by atoms with Gasteiger partial charge >= 0.3 is 0 Å². The molecule has 0 heterocycles. The summed E-state index contributed by atoms with van der Waals surface area (Å²) < 4.78 is 25.9. The molecule has 0 saturated heterocycles. The maximum atomic E-state index is 12.3. The number of sulfonamides is 1. The van der Waals surface area contributed by atoms with E-state index in [0.29, 0.717) is 25.1 Å². The van der Waals surface area contributed by atoms with Gasteiger partial charge in [-0.25, -0.2) is 8.42 Å². The molecule has 152 valence electrons. The first-order chi connectivity index (χ1) is 13.2. The van der Waals surface area contributed by atoms with Crippen LogP contribution in [0.15, 0.2) is 48.5 Å². The van der Waals surface area contributed by atoms with Gasteiger partial charge in [0.2, 0.25) is 15.9 Å². The van der Waals surface area contributed by atoms with Crippen molar-refractivity contribution in [2.75, 3.05) is 23.7 Å². The van der Waals surface area contributed by atoms with Crippen LogP contribution >= 0.6 is 0 Å². The second-order valence-electron chi connectivity index (χ2n) is 7.27. The van der Waals surface area contributed by atoms with Crippen LogP contribution in [0.25, 0.3) is 0 Å². The van der Waals surface area contributed by atoms with Gasteiger partial charge in [-0.2, -0.15) is 0 Å². The van der Waals surface area contributed by atoms with Crippen molar-refractivity contribution in [2.45, 2.75) is 39.5 Å². The lowest BCUT2D eigenvalue weighted by Gasteiger charge is -2.25. The summed E-state index contributed by atoms with van der Waals surface area (Å²) >= 11 is 0. The van der Waals surface area contributed by atoms with E-state index >= 15 is 0 Å². The van der Waals surface area contributed by atoms with Crippen LogP contribution in [0.4, 0.5) is 5.69 Å². The molecule has 0 saturated carbocycles. The standard InChI is InChI=1S/C22H30N2O3S/c1-17-10-8-13-21(19(17)3)24(28(4,26)27)15-9-14-22(25)23-16-18(2)20-11-6-5-7-12-20/h5-8,10-13,18H,9,14-16H2,1-4H3,(H,23,25)/t18-/m1/s1. The maximum absolute atomic E-state index is 12.3. The van der Waals surface area contributed by atoms with Crippen LogP contribution in [0.5, 0.6) is 0 Å². The first-order valence-corrected chi connectivity index (χ1v) is 11.4. The van der Waals surface area contributed by atoms with Crippen LogP contribution < -0.4 is 9.62 Å². The molecule has 2 rings (SSSR count). The summed E-state index contributed by atoms with van der Waals surface area (Å²) in [6.45, 7) is 6.79. The molecule has 0 radical (unpaired) electrons. The molecular weight excluding hydrogens is 372 g/mol. The molecule has 28 heavy (non-hydrogen) atoms. The van der Waals surface area contributed by atoms with E-state index in [9.17, 15) is 13.2 Å². The molecule has 1 amide bonds. The Kier molecular flexibility index (Phi) is 7.63. The average Bonchev–Trinajstić information content (AvgIpc) is 2.65. The average molecular weight is 403 g/mol. The predicted octanol–water partition coefficient (Wildman–Crippen LogP) is 3.77. The molecule has 0 aliphatic carbocycles. The van der Waals surface area contributed by atoms with Crippen molar-refractivity contribution in [1.29, 1.82) is 0 Å². The van der Waals surface area contributed by atoms with E-state index in [1.54, 1.807) is 0 Å². The Morgan fingerprint density at radius 3 is 2.39 bits per heavy atom. The molecular formula is C22H30N2O3S. The van der Waals surface area contributed by atoms with E-state index in [2.05, 4.69) is 12.2 Å². The number of hydrogen-bond acceptors (Lipinski definition) is 3. The highest BCUT2D eigenvalue weighted by atomic mass is 32.2. The number of benzene rings is 2. The molecule has 0 bridgehead atoms. The van der Waals surface area contributed by atoms with Gasteiger partial charge in [-0.15, -0.1) is 0 Å². The van der Waals surface area contributed by atoms with Crippen LogP contribution in [0, 0.1) is 13.8 Å². The topological polar surface area (TPSA) is 66.5 Å². The zero-order valence-electron chi connectivity index (χ0n) is 17.1. The molecule has 1 N–H and O–H groups in total. The fourth-order valence-corrected chi connectivity index (χ4v) is 4.12. The van der Waals surface area contributed by atoms with Crippen LogP contribution in [-0.4, -0.2) is 33.7 Å². The lowest BCUT2D eigenvalue weighted by Crippen LogP contribution is -2.33. The second-order valence-corrected chi connectivity index (χ2v) is 9.18. The maximum Gasteiger partial charge on any atom is 0.232 e. The Balaban J connectivity index is 1.90. The number of anilines is 1. The Labute approximate surface area is 168 Å². The predicted molar refractivity (Wildman–Crippen MR) is 115 cm³/mol. The molecule has 2 aromatic carbocycles. The van der Waals surface area contributed by atoms with Crippen molar-refractivity contribution in [3.63, 3.8) is 0 Å². The van der Waals surface area contributed by atoms with Crippen molar-refractivity contribution in [2.24, 2.45) is 0 Å². The van der Waals surface area contributed by atoms with E-state index in [1.165, 1.54) is 16.1 Å². The fourth-order valence-electron chi connectivity index (χ4n) is 3.11. The molecule has 6 heteroatoms. The Hall–Kier alpha value is -2.34. The highest BCUT2D eigenvalue weighted by Crippen LogP contribution is 2.25. The van der Waals surface area contributed by atoms with Gasteiger partial charge in [0.1, 0.15) is 0 Å². The van der Waals surface area contributed by atoms with Gasteiger partial charge in [-0.3, -0.25) is 9.10 Å². The summed E-state index contributed by atoms with van der Waals surface area (Å²) in [7, 11) is -3.42. The monoisotopic (exact) mass is 402 g/mol. The van der Waals surface area contributed by atoms with Crippen LogP contribution in [-0.2, 0) is 14.8 Å². The minimum Gasteiger partial charge on any atom is -0.356 e. The SMILES string of the molecule is Cc1cccc(N(CCCC(=O)NC[C@@H](C)c2ccccc2)S(C)(=O)=O)c1C. The van der Waals surface area contributed by atoms with E-state index < -0.39 is 10.0 Å². The number of amides is 1. The van der Waals surface area contributed by atoms with Crippen molar-refractivity contribution in [3.8, 4) is 0 Å². The van der Waals surface area contributed by atoms with Crippen molar-refractivity contribution < 1.29 is 13.2 Å². The number of nitrogens with one attached hydrogen (secondary N) is 1. The number of carbonyl (C=O) groups is 1. The third kappa shape index (κ3) is 6.09. The molecule has 0 unspecified atom stereocenters. The van der Waals surface area contributed by atoms with E-state index in [4.69, 9.17) is 0 Å². The number of nitrogens with zero attached hydrogens (tertiary/aromatic N) is 1. The molecule has 0 spiro atoms. The molecule has 1 atom stereocenters. The van der Waals surface area contributed by atoms with E-state index in [0.717, 1.165) is 11.1 Å². The first-order valence-electron chi connectivity index (χ1n) is 9.55. The summed E-state index contributed by atoms with van der Waals surface area (Å²) in [5, 5.41) is 2.95. The fraction of sp³-hybridized carbons (Fsp3) is 0.409. The third-order valence-electron chi connectivity index (χ3n) is 4.98. The van der Waals surface area contributed by atoms with Crippen LogP contribution in [0.3, 0.4) is 0 Å². The van der Waals surface area contributed by atoms with Gasteiger partial charge in [-0.05, 0) is 48.9 Å². The summed E-state index contributed by atoms with van der Waals surface area (Å²) in [6, 6.07) is 15.7. The van der Waals surface area contributed by atoms with Gasteiger partial charge in [0.05, 0.1) is 11.9 Å². The zero-order valence-corrected chi connectivity index (χ0v) is 17.9. The molecule has 2 aromatic rings. The van der Waals surface area contributed by atoms with E-state index in [-0.39, 0.29) is 18.4 Å². The zero-order chi connectivity index (χ0) is 20.7. The van der Waals surface area contributed by atoms with Gasteiger partial charge in [0.25, 0.3) is 0 Å². The number of carbonyl (C=O) groups excluding carboxylic acids is 1. The molecule has 5 nitrogen and oxygen atoms in total. The van der Waals surface area contributed by atoms with Crippen molar-refractivity contribution in [3.05, 3.63) is 65.2 Å². The minimum absolute atomic E-state index is 0.0582. The highest BCUT2D eigenvalue weighted by Gasteiger charge is 2.20. The minimum atomic E-state index is -3.42. The Morgan fingerprint density at radius 2 is 1.75 bits per heavy atom. The van der Waals surface area contributed by atoms with E-state index in [1.807, 2.05) is 62.4 Å². The second kappa shape index (κ2) is 9.73. The number of rotatable bonds is 9. The quantitative estimate of drug-likeness (QED) is 0.694. The van der Waals surface area contributed by atoms with Gasteiger partial charge < -0.3 is 5.32 Å². The van der Waals surface area contributed by atoms with Gasteiger partial charge in [0, 0.05) is 19.5 Å². The lowest BCUT2D eigenvalue weighted by molar-refractivity contribution is -0.121. The normalized spacial score (nSPS) is 12.4. The first kappa shape index (κ1) is 22.0. The van der Waals surface area contributed by atoms with Crippen LogP contribution in [0.2, 0.25) is 0 Å². The third-order valence-corrected chi connectivity index (χ3v) is 6.16. The summed E-state index contributed by atoms with van der Waals surface area (Å²) in [6.07, 6.45) is 1.96. The Bertz CT molecular complexity index is 895. The van der Waals surface area contributed by atoms with Crippen molar-refractivity contribution >= 4 is 21.6 Å². The summed E-state index contributed by atoms with van der Waals surface area (Å²) in [5.41, 5.74) is 3.84. The summed E-state index contributed by atoms with van der Waals surface area (Å²) in [4.78, 5) is 12.2. The lowest BCUT2D eigenvalue weighted by atomic mass is 10.0.